The highest BCUT2D eigenvalue weighted by Gasteiger charge is 2.44. The molecular formula is C21H24Cl2O4. The first-order valence-corrected chi connectivity index (χ1v) is 10.2. The molecule has 0 aromatic heterocycles. The maximum atomic E-state index is 12.1. The highest BCUT2D eigenvalue weighted by Crippen LogP contribution is 2.57. The molecule has 0 spiro atoms. The summed E-state index contributed by atoms with van der Waals surface area (Å²) in [5.41, 5.74) is 2.79. The first-order chi connectivity index (χ1) is 12.9. The van der Waals surface area contributed by atoms with E-state index in [1.54, 1.807) is 13.0 Å². The van der Waals surface area contributed by atoms with Crippen LogP contribution in [0.4, 0.5) is 0 Å². The summed E-state index contributed by atoms with van der Waals surface area (Å²) in [7, 11) is 0. The quantitative estimate of drug-likeness (QED) is 0.587. The Kier molecular flexibility index (Phi) is 5.87. The minimum absolute atomic E-state index is 0.0763. The third-order valence-corrected chi connectivity index (χ3v) is 6.50. The number of ketones is 1. The fourth-order valence-corrected chi connectivity index (χ4v) is 4.63. The van der Waals surface area contributed by atoms with E-state index in [1.807, 2.05) is 13.0 Å². The molecule has 1 aromatic carbocycles. The van der Waals surface area contributed by atoms with Crippen LogP contribution in [0, 0.1) is 5.41 Å². The number of esters is 1. The van der Waals surface area contributed by atoms with Gasteiger partial charge in [0.05, 0.1) is 11.6 Å². The molecule has 0 aliphatic heterocycles. The molecule has 3 rings (SSSR count). The Balaban J connectivity index is 2.02. The predicted molar refractivity (Wildman–Crippen MR) is 106 cm³/mol. The van der Waals surface area contributed by atoms with E-state index in [0.717, 1.165) is 36.0 Å². The summed E-state index contributed by atoms with van der Waals surface area (Å²) in [5.74, 6) is 0.0969. The molecule has 2 unspecified atom stereocenters. The molecule has 0 N–H and O–H groups in total. The number of benzene rings is 1. The van der Waals surface area contributed by atoms with Gasteiger partial charge in [0, 0.05) is 17.4 Å². The van der Waals surface area contributed by atoms with Crippen LogP contribution in [-0.2, 0) is 20.7 Å². The van der Waals surface area contributed by atoms with Crippen molar-refractivity contribution in [3.63, 3.8) is 0 Å². The minimum Gasteiger partial charge on any atom is -0.477 e. The number of hydrogen-bond donors (Lipinski definition) is 0. The molecule has 0 saturated carbocycles. The number of rotatable bonds is 6. The molecule has 0 amide bonds. The SMILES string of the molecule is CCOC(=O)C(CC)Oc1cc2c(c(Cl)c1Cl)C1=CC(=O)CCC1(CC)C2. The van der Waals surface area contributed by atoms with E-state index in [-0.39, 0.29) is 16.2 Å². The van der Waals surface area contributed by atoms with Crippen LogP contribution in [0.1, 0.15) is 57.6 Å². The van der Waals surface area contributed by atoms with Gasteiger partial charge in [-0.1, -0.05) is 37.0 Å². The lowest BCUT2D eigenvalue weighted by Crippen LogP contribution is -2.28. The zero-order chi connectivity index (χ0) is 19.8. The van der Waals surface area contributed by atoms with Crippen molar-refractivity contribution in [3.8, 4) is 5.75 Å². The van der Waals surface area contributed by atoms with Crippen LogP contribution in [0.15, 0.2) is 12.1 Å². The van der Waals surface area contributed by atoms with Gasteiger partial charge in [0.2, 0.25) is 0 Å². The molecule has 0 bridgehead atoms. The van der Waals surface area contributed by atoms with Crippen molar-refractivity contribution in [2.45, 2.75) is 59.0 Å². The normalized spacial score (nSPS) is 22.0. The fourth-order valence-electron chi connectivity index (χ4n) is 4.12. The summed E-state index contributed by atoms with van der Waals surface area (Å²) in [6, 6.07) is 1.87. The molecule has 2 atom stereocenters. The number of hydrogen-bond acceptors (Lipinski definition) is 4. The molecule has 0 radical (unpaired) electrons. The number of allylic oxidation sites excluding steroid dienone is 2. The molecule has 0 saturated heterocycles. The number of halogens is 2. The highest BCUT2D eigenvalue weighted by atomic mass is 35.5. The molecule has 27 heavy (non-hydrogen) atoms. The van der Waals surface area contributed by atoms with E-state index in [2.05, 4.69) is 6.92 Å². The largest absolute Gasteiger partial charge is 0.477 e. The van der Waals surface area contributed by atoms with Crippen molar-refractivity contribution in [3.05, 3.63) is 33.3 Å². The minimum atomic E-state index is -0.735. The van der Waals surface area contributed by atoms with Crippen LogP contribution >= 0.6 is 23.2 Å². The monoisotopic (exact) mass is 410 g/mol. The topological polar surface area (TPSA) is 52.6 Å². The Hall–Kier alpha value is -1.52. The Morgan fingerprint density at radius 3 is 2.63 bits per heavy atom. The van der Waals surface area contributed by atoms with Gasteiger partial charge in [0.15, 0.2) is 11.9 Å². The lowest BCUT2D eigenvalue weighted by molar-refractivity contribution is -0.151. The molecule has 146 valence electrons. The number of fused-ring (bicyclic) bond motifs is 3. The lowest BCUT2D eigenvalue weighted by atomic mass is 9.71. The van der Waals surface area contributed by atoms with E-state index < -0.39 is 12.1 Å². The second-order valence-corrected chi connectivity index (χ2v) is 7.89. The molecule has 6 heteroatoms. The van der Waals surface area contributed by atoms with Gasteiger partial charge in [-0.3, -0.25) is 4.79 Å². The van der Waals surface area contributed by atoms with Crippen molar-refractivity contribution in [2.24, 2.45) is 5.41 Å². The van der Waals surface area contributed by atoms with Crippen molar-refractivity contribution in [2.75, 3.05) is 6.61 Å². The van der Waals surface area contributed by atoms with E-state index in [1.165, 1.54) is 0 Å². The standard InChI is InChI=1S/C21H24Cl2O4/c1-4-15(20(25)26-6-3)27-16-9-12-11-21(5-2)8-7-13(24)10-14(21)17(12)19(23)18(16)22/h9-10,15H,4-8,11H2,1-3H3. The maximum Gasteiger partial charge on any atom is 0.347 e. The van der Waals surface area contributed by atoms with Gasteiger partial charge in [-0.05, 0) is 55.9 Å². The number of carbonyl (C=O) groups excluding carboxylic acids is 2. The van der Waals surface area contributed by atoms with Crippen molar-refractivity contribution < 1.29 is 19.1 Å². The van der Waals surface area contributed by atoms with Crippen LogP contribution in [0.25, 0.3) is 5.57 Å². The maximum absolute atomic E-state index is 12.1. The average molecular weight is 411 g/mol. The highest BCUT2D eigenvalue weighted by molar-refractivity contribution is 6.44. The van der Waals surface area contributed by atoms with Crippen LogP contribution in [-0.4, -0.2) is 24.5 Å². The summed E-state index contributed by atoms with van der Waals surface area (Å²) in [6.45, 7) is 6.03. The lowest BCUT2D eigenvalue weighted by Gasteiger charge is -2.32. The van der Waals surface area contributed by atoms with Crippen molar-refractivity contribution >= 4 is 40.5 Å². The van der Waals surface area contributed by atoms with Crippen molar-refractivity contribution in [1.29, 1.82) is 0 Å². The Morgan fingerprint density at radius 2 is 2.00 bits per heavy atom. The van der Waals surface area contributed by atoms with Gasteiger partial charge in [-0.2, -0.15) is 0 Å². The molecule has 4 nitrogen and oxygen atoms in total. The van der Waals surface area contributed by atoms with Crippen LogP contribution in [0.2, 0.25) is 10.0 Å². The summed E-state index contributed by atoms with van der Waals surface area (Å²) in [6.07, 6.45) is 4.54. The fraction of sp³-hybridized carbons (Fsp3) is 0.524. The molecule has 2 aliphatic rings. The Labute approximate surface area is 169 Å². The van der Waals surface area contributed by atoms with Gasteiger partial charge >= 0.3 is 5.97 Å². The first kappa shape index (κ1) is 20.2. The average Bonchev–Trinajstić information content (AvgIpc) is 2.97. The molecule has 2 aliphatic carbocycles. The van der Waals surface area contributed by atoms with Crippen LogP contribution < -0.4 is 4.74 Å². The van der Waals surface area contributed by atoms with Gasteiger partial charge in [0.25, 0.3) is 0 Å². The van der Waals surface area contributed by atoms with Crippen molar-refractivity contribution in [1.82, 2.24) is 0 Å². The van der Waals surface area contributed by atoms with Crippen LogP contribution in [0.5, 0.6) is 5.75 Å². The molecule has 1 aromatic rings. The zero-order valence-electron chi connectivity index (χ0n) is 15.9. The van der Waals surface area contributed by atoms with Gasteiger partial charge < -0.3 is 9.47 Å². The van der Waals surface area contributed by atoms with Gasteiger partial charge in [-0.15, -0.1) is 0 Å². The van der Waals surface area contributed by atoms with E-state index in [4.69, 9.17) is 32.7 Å². The zero-order valence-corrected chi connectivity index (χ0v) is 17.4. The predicted octanol–water partition coefficient (Wildman–Crippen LogP) is 5.41. The second-order valence-electron chi connectivity index (χ2n) is 7.14. The first-order valence-electron chi connectivity index (χ1n) is 9.46. The second kappa shape index (κ2) is 7.84. The summed E-state index contributed by atoms with van der Waals surface area (Å²) in [4.78, 5) is 24.1. The number of ether oxygens (including phenoxy) is 2. The summed E-state index contributed by atoms with van der Waals surface area (Å²) < 4.78 is 10.9. The third-order valence-electron chi connectivity index (χ3n) is 5.65. The molecule has 0 heterocycles. The van der Waals surface area contributed by atoms with E-state index in [9.17, 15) is 9.59 Å². The smallest absolute Gasteiger partial charge is 0.347 e. The molecular weight excluding hydrogens is 387 g/mol. The van der Waals surface area contributed by atoms with E-state index in [0.29, 0.717) is 30.2 Å². The summed E-state index contributed by atoms with van der Waals surface area (Å²) in [5, 5.41) is 0.656. The van der Waals surface area contributed by atoms with E-state index >= 15 is 0 Å². The van der Waals surface area contributed by atoms with Gasteiger partial charge in [0.1, 0.15) is 10.8 Å². The molecule has 0 fully saturated rings. The Bertz CT molecular complexity index is 815. The number of carbonyl (C=O) groups is 2. The Morgan fingerprint density at radius 1 is 1.26 bits per heavy atom. The summed E-state index contributed by atoms with van der Waals surface area (Å²) >= 11 is 13.1. The van der Waals surface area contributed by atoms with Crippen LogP contribution in [0.3, 0.4) is 0 Å². The third kappa shape index (κ3) is 3.50. The van der Waals surface area contributed by atoms with Gasteiger partial charge in [-0.25, -0.2) is 4.79 Å².